The predicted molar refractivity (Wildman–Crippen MR) is 144 cm³/mol. The van der Waals surface area contributed by atoms with Crippen molar-refractivity contribution < 1.29 is 34.3 Å². The molecular formula is C25H30FN9O6. The summed E-state index contributed by atoms with van der Waals surface area (Å²) in [6, 6.07) is 6.98. The molecule has 0 saturated heterocycles. The lowest BCUT2D eigenvalue weighted by Crippen LogP contribution is -2.48. The molecule has 0 atom stereocenters. The summed E-state index contributed by atoms with van der Waals surface area (Å²) in [5.41, 5.74) is 0.0941. The van der Waals surface area contributed by atoms with Gasteiger partial charge in [0.1, 0.15) is 11.4 Å². The van der Waals surface area contributed by atoms with E-state index in [1.807, 2.05) is 6.92 Å². The minimum absolute atomic E-state index is 0.0444. The smallest absolute Gasteiger partial charge is 0.369 e. The summed E-state index contributed by atoms with van der Waals surface area (Å²) in [6.45, 7) is 5.02. The highest BCUT2D eigenvalue weighted by Crippen LogP contribution is 2.40. The maximum atomic E-state index is 15.0. The zero-order valence-corrected chi connectivity index (χ0v) is 23.1. The Hall–Kier alpha value is -4.64. The van der Waals surface area contributed by atoms with E-state index in [4.69, 9.17) is 4.74 Å². The minimum Gasteiger partial charge on any atom is -0.494 e. The lowest BCUT2D eigenvalue weighted by atomic mass is 10.0. The van der Waals surface area contributed by atoms with Gasteiger partial charge >= 0.3 is 6.10 Å². The number of amides is 1. The van der Waals surface area contributed by atoms with Crippen LogP contribution in [0.3, 0.4) is 0 Å². The summed E-state index contributed by atoms with van der Waals surface area (Å²) in [6.07, 6.45) is -3.54. The molecule has 4 aromatic rings. The highest BCUT2D eigenvalue weighted by atomic mass is 19.1. The number of aryl methyl sites for hydroxylation is 3. The van der Waals surface area contributed by atoms with Gasteiger partial charge in [-0.15, -0.1) is 10.2 Å². The molecule has 1 aromatic carbocycles. The number of rotatable bonds is 9. The standard InChI is InChI=1S/C25H30FN9O6/c1-12-7-20(33-34(12)4)28-19-11-16(21(31-30-19)23(36)29-25(38,39)40)27-17-9-13(26)8-14(22(17)41-6)15-10-18(24(2,3)37)35(5)32-15/h7-11,37-40H,1-6H3,(H,29,36)(H2,27,28,30,33). The first-order valence-corrected chi connectivity index (χ1v) is 12.1. The summed E-state index contributed by atoms with van der Waals surface area (Å²) in [5.74, 6) is -1.23. The second kappa shape index (κ2) is 10.7. The van der Waals surface area contributed by atoms with Crippen LogP contribution in [0.2, 0.25) is 0 Å². The van der Waals surface area contributed by atoms with E-state index < -0.39 is 29.1 Å². The van der Waals surface area contributed by atoms with Crippen LogP contribution in [0.1, 0.15) is 35.7 Å². The number of methoxy groups -OCH3 is 1. The Kier molecular flexibility index (Phi) is 7.68. The molecule has 1 amide bonds. The molecule has 0 saturated carbocycles. The predicted octanol–water partition coefficient (Wildman–Crippen LogP) is 1.10. The lowest BCUT2D eigenvalue weighted by molar-refractivity contribution is -0.323. The SMILES string of the molecule is COc1c(Nc2cc(Nc3cc(C)n(C)n3)nnc2C(=O)NC(O)(O)O)cc(F)cc1-c1cc(C(C)(C)O)n(C)n1. The molecule has 0 unspecified atom stereocenters. The third-order valence-corrected chi connectivity index (χ3v) is 5.97. The van der Waals surface area contributed by atoms with Crippen molar-refractivity contribution in [2.45, 2.75) is 32.5 Å². The van der Waals surface area contributed by atoms with Gasteiger partial charge in [-0.05, 0) is 32.9 Å². The first kappa shape index (κ1) is 29.3. The van der Waals surface area contributed by atoms with E-state index in [0.717, 1.165) is 11.8 Å². The number of carbonyl (C=O) groups excluding carboxylic acids is 1. The molecule has 4 rings (SSSR count). The van der Waals surface area contributed by atoms with Gasteiger partial charge in [-0.3, -0.25) is 19.5 Å². The van der Waals surface area contributed by atoms with Crippen LogP contribution >= 0.6 is 0 Å². The topological polar surface area (TPSA) is 205 Å². The quantitative estimate of drug-likeness (QED) is 0.141. The van der Waals surface area contributed by atoms with Crippen molar-refractivity contribution in [3.8, 4) is 17.0 Å². The molecule has 0 fully saturated rings. The van der Waals surface area contributed by atoms with Gasteiger partial charge in [0.05, 0.1) is 29.9 Å². The normalized spacial score (nSPS) is 11.9. The van der Waals surface area contributed by atoms with Crippen LogP contribution in [0.4, 0.5) is 27.4 Å². The minimum atomic E-state index is -3.54. The number of aromatic nitrogens is 6. The van der Waals surface area contributed by atoms with E-state index in [1.165, 1.54) is 23.9 Å². The molecule has 0 bridgehead atoms. The van der Waals surface area contributed by atoms with Crippen molar-refractivity contribution in [2.24, 2.45) is 14.1 Å². The van der Waals surface area contributed by atoms with Crippen molar-refractivity contribution >= 4 is 28.9 Å². The highest BCUT2D eigenvalue weighted by Gasteiger charge is 2.28. The van der Waals surface area contributed by atoms with Crippen LogP contribution in [0.25, 0.3) is 11.3 Å². The van der Waals surface area contributed by atoms with Gasteiger partial charge in [0, 0.05) is 43.6 Å². The number of nitrogens with one attached hydrogen (secondary N) is 3. The number of hydrogen-bond acceptors (Lipinski definition) is 12. The average Bonchev–Trinajstić information content (AvgIpc) is 3.38. The zero-order valence-electron chi connectivity index (χ0n) is 23.1. The fourth-order valence-corrected chi connectivity index (χ4v) is 4.09. The van der Waals surface area contributed by atoms with E-state index in [2.05, 4.69) is 31.0 Å². The molecule has 0 aliphatic heterocycles. The van der Waals surface area contributed by atoms with E-state index in [9.17, 15) is 29.6 Å². The number of hydrogen-bond donors (Lipinski definition) is 7. The molecule has 0 radical (unpaired) electrons. The number of carbonyl (C=O) groups is 1. The van der Waals surface area contributed by atoms with Gasteiger partial charge in [-0.2, -0.15) is 10.2 Å². The first-order valence-electron chi connectivity index (χ1n) is 12.1. The van der Waals surface area contributed by atoms with Gasteiger partial charge in [-0.1, -0.05) is 0 Å². The number of benzene rings is 1. The number of anilines is 4. The molecule has 0 aliphatic carbocycles. The van der Waals surface area contributed by atoms with Crippen molar-refractivity contribution in [2.75, 3.05) is 17.7 Å². The Bertz CT molecular complexity index is 1580. The largest absolute Gasteiger partial charge is 0.494 e. The van der Waals surface area contributed by atoms with Gasteiger partial charge in [0.25, 0.3) is 5.91 Å². The van der Waals surface area contributed by atoms with Gasteiger partial charge in [0.15, 0.2) is 23.1 Å². The molecule has 15 nitrogen and oxygen atoms in total. The summed E-state index contributed by atoms with van der Waals surface area (Å²) in [4.78, 5) is 12.7. The van der Waals surface area contributed by atoms with Gasteiger partial charge < -0.3 is 35.8 Å². The summed E-state index contributed by atoms with van der Waals surface area (Å²) in [7, 11) is 4.74. The van der Waals surface area contributed by atoms with Crippen molar-refractivity contribution in [1.82, 2.24) is 35.1 Å². The van der Waals surface area contributed by atoms with E-state index >= 15 is 0 Å². The molecule has 218 valence electrons. The van der Waals surface area contributed by atoms with Crippen molar-refractivity contribution in [1.29, 1.82) is 0 Å². The van der Waals surface area contributed by atoms with Crippen LogP contribution in [0, 0.1) is 12.7 Å². The van der Waals surface area contributed by atoms with E-state index in [-0.39, 0.29) is 28.5 Å². The Labute approximate surface area is 233 Å². The second-order valence-electron chi connectivity index (χ2n) is 9.76. The lowest BCUT2D eigenvalue weighted by Gasteiger charge is -2.18. The summed E-state index contributed by atoms with van der Waals surface area (Å²) in [5, 5.41) is 62.1. The van der Waals surface area contributed by atoms with Crippen LogP contribution in [-0.4, -0.2) is 69.3 Å². The molecule has 3 heterocycles. The summed E-state index contributed by atoms with van der Waals surface area (Å²) < 4.78 is 23.6. The molecular weight excluding hydrogens is 541 g/mol. The maximum absolute atomic E-state index is 15.0. The molecule has 0 spiro atoms. The Morgan fingerprint density at radius 3 is 2.20 bits per heavy atom. The van der Waals surface area contributed by atoms with E-state index in [0.29, 0.717) is 17.2 Å². The van der Waals surface area contributed by atoms with E-state index in [1.54, 1.807) is 50.1 Å². The Balaban J connectivity index is 1.81. The van der Waals surface area contributed by atoms with Crippen molar-refractivity contribution in [3.05, 3.63) is 53.2 Å². The van der Waals surface area contributed by atoms with Gasteiger partial charge in [0.2, 0.25) is 0 Å². The van der Waals surface area contributed by atoms with Crippen LogP contribution in [0.5, 0.6) is 5.75 Å². The molecule has 0 aliphatic rings. The second-order valence-corrected chi connectivity index (χ2v) is 9.76. The van der Waals surface area contributed by atoms with Crippen molar-refractivity contribution in [3.63, 3.8) is 0 Å². The average molecular weight is 572 g/mol. The first-order chi connectivity index (χ1) is 19.1. The molecule has 41 heavy (non-hydrogen) atoms. The fourth-order valence-electron chi connectivity index (χ4n) is 4.09. The van der Waals surface area contributed by atoms with Crippen LogP contribution in [0.15, 0.2) is 30.3 Å². The highest BCUT2D eigenvalue weighted by molar-refractivity contribution is 5.99. The fraction of sp³-hybridized carbons (Fsp3) is 0.320. The summed E-state index contributed by atoms with van der Waals surface area (Å²) >= 11 is 0. The number of ether oxygens (including phenoxy) is 1. The van der Waals surface area contributed by atoms with Crippen LogP contribution in [-0.2, 0) is 19.7 Å². The third kappa shape index (κ3) is 6.58. The number of nitrogens with zero attached hydrogens (tertiary/aromatic N) is 6. The monoisotopic (exact) mass is 571 g/mol. The third-order valence-electron chi connectivity index (χ3n) is 5.97. The molecule has 16 heteroatoms. The van der Waals surface area contributed by atoms with Crippen LogP contribution < -0.4 is 20.7 Å². The molecule has 3 aromatic heterocycles. The Morgan fingerprint density at radius 2 is 1.63 bits per heavy atom. The Morgan fingerprint density at radius 1 is 0.927 bits per heavy atom. The zero-order chi connectivity index (χ0) is 30.3. The maximum Gasteiger partial charge on any atom is 0.369 e. The number of aliphatic hydroxyl groups is 4. The number of halogens is 1. The van der Waals surface area contributed by atoms with Gasteiger partial charge in [-0.25, -0.2) is 4.39 Å². The molecule has 7 N–H and O–H groups in total.